The van der Waals surface area contributed by atoms with Crippen LogP contribution >= 0.6 is 0 Å². The van der Waals surface area contributed by atoms with Gasteiger partial charge in [0.05, 0.1) is 0 Å². The van der Waals surface area contributed by atoms with Crippen molar-refractivity contribution >= 4 is 17.7 Å². The summed E-state index contributed by atoms with van der Waals surface area (Å²) in [6.07, 6.45) is 1.23. The topological polar surface area (TPSA) is 91.0 Å². The van der Waals surface area contributed by atoms with Crippen LogP contribution in [0.2, 0.25) is 0 Å². The molecular formula is C32H33FN4O4. The van der Waals surface area contributed by atoms with Crippen LogP contribution in [0, 0.1) is 5.82 Å². The maximum absolute atomic E-state index is 13.8. The van der Waals surface area contributed by atoms with Gasteiger partial charge in [-0.05, 0) is 59.9 Å². The minimum absolute atomic E-state index is 0.0915. The fraction of sp³-hybridized carbons (Fsp3) is 0.344. The summed E-state index contributed by atoms with van der Waals surface area (Å²) in [4.78, 5) is 40.9. The number of carbonyl (C=O) groups excluding carboxylic acids is 3. The Bertz CT molecular complexity index is 1450. The lowest BCUT2D eigenvalue weighted by atomic mass is 10.00. The largest absolute Gasteiger partial charge is 0.487 e. The van der Waals surface area contributed by atoms with Crippen LogP contribution in [0.1, 0.15) is 46.3 Å². The van der Waals surface area contributed by atoms with Crippen LogP contribution in [0.5, 0.6) is 5.75 Å². The molecule has 0 radical (unpaired) electrons. The van der Waals surface area contributed by atoms with Crippen molar-refractivity contribution < 1.29 is 23.5 Å². The highest BCUT2D eigenvalue weighted by molar-refractivity contribution is 6.05. The molecule has 6 rings (SSSR count). The summed E-state index contributed by atoms with van der Waals surface area (Å²) in [6, 6.07) is 21.8. The molecule has 0 spiro atoms. The van der Waals surface area contributed by atoms with Crippen molar-refractivity contribution in [2.75, 3.05) is 13.1 Å². The Labute approximate surface area is 238 Å². The number of fused-ring (bicyclic) bond motifs is 1. The zero-order valence-corrected chi connectivity index (χ0v) is 22.7. The van der Waals surface area contributed by atoms with Gasteiger partial charge in [0, 0.05) is 50.7 Å². The minimum Gasteiger partial charge on any atom is -0.487 e. The first-order chi connectivity index (χ1) is 19.9. The first kappa shape index (κ1) is 27.1. The molecule has 8 nitrogen and oxygen atoms in total. The molecule has 2 N–H and O–H groups in total. The number of ether oxygens (including phenoxy) is 1. The molecule has 2 saturated heterocycles. The van der Waals surface area contributed by atoms with E-state index >= 15 is 0 Å². The molecule has 3 atom stereocenters. The van der Waals surface area contributed by atoms with Crippen LogP contribution in [-0.4, -0.2) is 58.8 Å². The average molecular weight is 557 g/mol. The highest BCUT2D eigenvalue weighted by Gasteiger charge is 2.39. The van der Waals surface area contributed by atoms with Gasteiger partial charge in [-0.2, -0.15) is 0 Å². The van der Waals surface area contributed by atoms with Crippen molar-refractivity contribution in [2.45, 2.75) is 57.1 Å². The summed E-state index contributed by atoms with van der Waals surface area (Å²) in [5.41, 5.74) is 3.47. The monoisotopic (exact) mass is 556 g/mol. The molecule has 1 unspecified atom stereocenters. The number of halogens is 1. The molecule has 3 aromatic rings. The molecule has 3 aromatic carbocycles. The number of rotatable bonds is 8. The number of imide groups is 1. The van der Waals surface area contributed by atoms with Gasteiger partial charge < -0.3 is 15.0 Å². The van der Waals surface area contributed by atoms with E-state index in [0.717, 1.165) is 30.6 Å². The Morgan fingerprint density at radius 2 is 1.78 bits per heavy atom. The van der Waals surface area contributed by atoms with Gasteiger partial charge in [0.25, 0.3) is 5.91 Å². The number of amides is 3. The van der Waals surface area contributed by atoms with E-state index in [9.17, 15) is 18.8 Å². The Morgan fingerprint density at radius 1 is 0.951 bits per heavy atom. The minimum atomic E-state index is -0.654. The predicted octanol–water partition coefficient (Wildman–Crippen LogP) is 3.40. The van der Waals surface area contributed by atoms with Gasteiger partial charge in [-0.15, -0.1) is 0 Å². The molecule has 3 aliphatic heterocycles. The predicted molar refractivity (Wildman–Crippen MR) is 150 cm³/mol. The van der Waals surface area contributed by atoms with Crippen LogP contribution in [0.25, 0.3) is 0 Å². The van der Waals surface area contributed by atoms with Crippen LogP contribution in [0.4, 0.5) is 4.39 Å². The maximum Gasteiger partial charge on any atom is 0.255 e. The van der Waals surface area contributed by atoms with Crippen molar-refractivity contribution in [1.29, 1.82) is 0 Å². The third kappa shape index (κ3) is 6.16. The standard InChI is InChI=1S/C32H33FN4O4/c33-24-8-4-7-22(15-24)18-36-14-13-27(34-17-21-5-2-1-3-6-21)29(20-36)41-25-9-10-26-23(16-25)19-37(32(26)40)28-11-12-30(38)35-31(28)39/h1-10,15-16,27-29,34H,11-14,17-20H2,(H,35,38,39)/t27-,28?,29-/m1/s1. The summed E-state index contributed by atoms with van der Waals surface area (Å²) in [7, 11) is 0. The van der Waals surface area contributed by atoms with Gasteiger partial charge in [-0.25, -0.2) is 4.39 Å². The molecule has 41 heavy (non-hydrogen) atoms. The number of hydrogen-bond acceptors (Lipinski definition) is 6. The summed E-state index contributed by atoms with van der Waals surface area (Å²) in [5, 5.41) is 6.02. The van der Waals surface area contributed by atoms with Crippen molar-refractivity contribution in [3.63, 3.8) is 0 Å². The van der Waals surface area contributed by atoms with Crippen molar-refractivity contribution in [3.05, 3.63) is 101 Å². The van der Waals surface area contributed by atoms with E-state index in [0.29, 0.717) is 37.4 Å². The fourth-order valence-corrected chi connectivity index (χ4v) is 6.01. The Morgan fingerprint density at radius 3 is 2.59 bits per heavy atom. The van der Waals surface area contributed by atoms with Crippen LogP contribution < -0.4 is 15.4 Å². The second-order valence-corrected chi connectivity index (χ2v) is 11.0. The first-order valence-electron chi connectivity index (χ1n) is 14.1. The smallest absolute Gasteiger partial charge is 0.255 e. The first-order valence-corrected chi connectivity index (χ1v) is 14.1. The lowest BCUT2D eigenvalue weighted by Crippen LogP contribution is -2.54. The van der Waals surface area contributed by atoms with Gasteiger partial charge in [0.2, 0.25) is 11.8 Å². The van der Waals surface area contributed by atoms with E-state index in [4.69, 9.17) is 4.74 Å². The molecule has 9 heteroatoms. The number of likely N-dealkylation sites (tertiary alicyclic amines) is 1. The van der Waals surface area contributed by atoms with E-state index in [1.54, 1.807) is 23.1 Å². The number of benzene rings is 3. The highest BCUT2D eigenvalue weighted by atomic mass is 19.1. The molecule has 0 saturated carbocycles. The second-order valence-electron chi connectivity index (χ2n) is 11.0. The molecule has 0 bridgehead atoms. The molecular weight excluding hydrogens is 523 g/mol. The molecule has 3 amide bonds. The van der Waals surface area contributed by atoms with E-state index in [1.807, 2.05) is 36.4 Å². The lowest BCUT2D eigenvalue weighted by Gasteiger charge is -2.39. The van der Waals surface area contributed by atoms with Crippen LogP contribution in [0.3, 0.4) is 0 Å². The zero-order chi connectivity index (χ0) is 28.3. The lowest BCUT2D eigenvalue weighted by molar-refractivity contribution is -0.136. The van der Waals surface area contributed by atoms with E-state index in [1.165, 1.54) is 11.6 Å². The highest BCUT2D eigenvalue weighted by Crippen LogP contribution is 2.31. The van der Waals surface area contributed by atoms with Crippen molar-refractivity contribution in [3.8, 4) is 5.75 Å². The van der Waals surface area contributed by atoms with Crippen molar-refractivity contribution in [2.24, 2.45) is 0 Å². The van der Waals surface area contributed by atoms with Gasteiger partial charge in [-0.1, -0.05) is 42.5 Å². The quantitative estimate of drug-likeness (QED) is 0.414. The van der Waals surface area contributed by atoms with Gasteiger partial charge in [-0.3, -0.25) is 24.6 Å². The normalized spacial score (nSPS) is 22.9. The van der Waals surface area contributed by atoms with E-state index in [-0.39, 0.29) is 36.2 Å². The number of hydrogen-bond donors (Lipinski definition) is 2. The summed E-state index contributed by atoms with van der Waals surface area (Å²) in [6.45, 7) is 3.14. The van der Waals surface area contributed by atoms with Gasteiger partial charge in [0.15, 0.2) is 0 Å². The third-order valence-corrected chi connectivity index (χ3v) is 8.13. The number of piperidine rings is 2. The average Bonchev–Trinajstić information content (AvgIpc) is 3.28. The summed E-state index contributed by atoms with van der Waals surface area (Å²) < 4.78 is 20.4. The fourth-order valence-electron chi connectivity index (χ4n) is 6.01. The molecule has 2 fully saturated rings. The molecule has 0 aromatic heterocycles. The zero-order valence-electron chi connectivity index (χ0n) is 22.7. The number of carbonyl (C=O) groups is 3. The maximum atomic E-state index is 13.8. The van der Waals surface area contributed by atoms with Gasteiger partial charge in [0.1, 0.15) is 23.7 Å². The van der Waals surface area contributed by atoms with E-state index in [2.05, 4.69) is 27.7 Å². The van der Waals surface area contributed by atoms with Crippen molar-refractivity contribution in [1.82, 2.24) is 20.4 Å². The molecule has 3 aliphatic rings. The SMILES string of the molecule is O=C1CCC(N2Cc3cc(O[C@@H]4CN(Cc5cccc(F)c5)CC[C@H]4NCc4ccccc4)ccc3C2=O)C(=O)N1. The van der Waals surface area contributed by atoms with E-state index < -0.39 is 11.9 Å². The second kappa shape index (κ2) is 11.8. The molecule has 3 heterocycles. The Balaban J connectivity index is 1.17. The molecule has 212 valence electrons. The molecule has 0 aliphatic carbocycles. The van der Waals surface area contributed by atoms with Crippen LogP contribution in [-0.2, 0) is 29.2 Å². The Hall–Kier alpha value is -4.08. The third-order valence-electron chi connectivity index (χ3n) is 8.13. The summed E-state index contributed by atoms with van der Waals surface area (Å²) >= 11 is 0. The number of nitrogens with one attached hydrogen (secondary N) is 2. The number of nitrogens with zero attached hydrogens (tertiary/aromatic N) is 2. The van der Waals surface area contributed by atoms with Gasteiger partial charge >= 0.3 is 0 Å². The van der Waals surface area contributed by atoms with Crippen LogP contribution in [0.15, 0.2) is 72.8 Å². The summed E-state index contributed by atoms with van der Waals surface area (Å²) in [5.74, 6) is -0.519. The Kier molecular flexibility index (Phi) is 7.80.